The lowest BCUT2D eigenvalue weighted by atomic mass is 10.2. The SMILES string of the molecule is Cc1ccc2nc(COC(=O)c3ccccc3O)cn2c1. The second-order valence-corrected chi connectivity index (χ2v) is 4.80. The maximum absolute atomic E-state index is 11.9. The number of hydrogen-bond donors (Lipinski definition) is 1. The summed E-state index contributed by atoms with van der Waals surface area (Å²) < 4.78 is 7.07. The van der Waals surface area contributed by atoms with E-state index in [2.05, 4.69) is 4.98 Å². The smallest absolute Gasteiger partial charge is 0.342 e. The fourth-order valence-electron chi connectivity index (χ4n) is 2.09. The van der Waals surface area contributed by atoms with Gasteiger partial charge in [0.05, 0.1) is 5.69 Å². The molecular weight excluding hydrogens is 268 g/mol. The number of hydrogen-bond acceptors (Lipinski definition) is 4. The van der Waals surface area contributed by atoms with Crippen molar-refractivity contribution in [2.24, 2.45) is 0 Å². The topological polar surface area (TPSA) is 63.8 Å². The van der Waals surface area contributed by atoms with Gasteiger partial charge in [0.15, 0.2) is 0 Å². The monoisotopic (exact) mass is 282 g/mol. The molecule has 0 fully saturated rings. The normalized spacial score (nSPS) is 10.7. The van der Waals surface area contributed by atoms with Crippen molar-refractivity contribution >= 4 is 11.6 Å². The van der Waals surface area contributed by atoms with Crippen LogP contribution in [0.15, 0.2) is 48.8 Å². The van der Waals surface area contributed by atoms with Crippen molar-refractivity contribution < 1.29 is 14.6 Å². The number of carbonyl (C=O) groups is 1. The van der Waals surface area contributed by atoms with E-state index in [1.165, 1.54) is 12.1 Å². The summed E-state index contributed by atoms with van der Waals surface area (Å²) in [6.07, 6.45) is 3.77. The van der Waals surface area contributed by atoms with Gasteiger partial charge in [0.1, 0.15) is 23.6 Å². The molecule has 0 aliphatic rings. The molecule has 1 N–H and O–H groups in total. The van der Waals surface area contributed by atoms with Crippen LogP contribution < -0.4 is 0 Å². The minimum absolute atomic E-state index is 0.0634. The molecule has 0 amide bonds. The van der Waals surface area contributed by atoms with Gasteiger partial charge >= 0.3 is 5.97 Å². The number of imidazole rings is 1. The van der Waals surface area contributed by atoms with Crippen molar-refractivity contribution in [3.63, 3.8) is 0 Å². The number of phenolic OH excluding ortho intramolecular Hbond substituents is 1. The zero-order chi connectivity index (χ0) is 14.8. The lowest BCUT2D eigenvalue weighted by molar-refractivity contribution is 0.0465. The van der Waals surface area contributed by atoms with Crippen LogP contribution in [-0.2, 0) is 11.3 Å². The van der Waals surface area contributed by atoms with E-state index in [4.69, 9.17) is 4.74 Å². The highest BCUT2D eigenvalue weighted by Crippen LogP contribution is 2.17. The van der Waals surface area contributed by atoms with Crippen LogP contribution in [0.5, 0.6) is 5.75 Å². The molecule has 1 aromatic carbocycles. The van der Waals surface area contributed by atoms with Gasteiger partial charge in [0.2, 0.25) is 0 Å². The zero-order valence-electron chi connectivity index (χ0n) is 11.5. The Labute approximate surface area is 121 Å². The number of esters is 1. The molecule has 0 saturated heterocycles. The fourth-order valence-corrected chi connectivity index (χ4v) is 2.09. The van der Waals surface area contributed by atoms with Crippen LogP contribution in [-0.4, -0.2) is 20.5 Å². The van der Waals surface area contributed by atoms with Crippen molar-refractivity contribution in [2.75, 3.05) is 0 Å². The number of fused-ring (bicyclic) bond motifs is 1. The summed E-state index contributed by atoms with van der Waals surface area (Å²) in [7, 11) is 0. The Morgan fingerprint density at radius 3 is 2.86 bits per heavy atom. The van der Waals surface area contributed by atoms with Crippen molar-refractivity contribution in [1.82, 2.24) is 9.38 Å². The summed E-state index contributed by atoms with van der Waals surface area (Å²) in [6, 6.07) is 10.2. The third-order valence-electron chi connectivity index (χ3n) is 3.12. The molecule has 3 aromatic rings. The minimum atomic E-state index is -0.568. The number of aromatic hydroxyl groups is 1. The predicted molar refractivity (Wildman–Crippen MR) is 77.2 cm³/mol. The summed E-state index contributed by atoms with van der Waals surface area (Å²) in [6.45, 7) is 2.06. The highest BCUT2D eigenvalue weighted by atomic mass is 16.5. The first-order valence-electron chi connectivity index (χ1n) is 6.53. The van der Waals surface area contributed by atoms with E-state index in [0.717, 1.165) is 11.2 Å². The molecule has 21 heavy (non-hydrogen) atoms. The molecular formula is C16H14N2O3. The number of phenols is 1. The van der Waals surface area contributed by atoms with Gasteiger partial charge in [-0.25, -0.2) is 9.78 Å². The van der Waals surface area contributed by atoms with E-state index in [0.29, 0.717) is 5.69 Å². The molecule has 106 valence electrons. The van der Waals surface area contributed by atoms with Gasteiger partial charge < -0.3 is 14.2 Å². The van der Waals surface area contributed by atoms with E-state index in [1.54, 1.807) is 12.1 Å². The standard InChI is InChI=1S/C16H14N2O3/c1-11-6-7-15-17-12(9-18(15)8-11)10-21-16(20)13-4-2-3-5-14(13)19/h2-9,19H,10H2,1H3. The number of ether oxygens (including phenoxy) is 1. The Balaban J connectivity index is 1.74. The van der Waals surface area contributed by atoms with Crippen molar-refractivity contribution in [1.29, 1.82) is 0 Å². The lowest BCUT2D eigenvalue weighted by Crippen LogP contribution is -2.05. The number of aryl methyl sites for hydroxylation is 1. The van der Waals surface area contributed by atoms with Gasteiger partial charge in [-0.3, -0.25) is 0 Å². The van der Waals surface area contributed by atoms with Crippen LogP contribution in [0.4, 0.5) is 0 Å². The Morgan fingerprint density at radius 1 is 1.24 bits per heavy atom. The highest BCUT2D eigenvalue weighted by Gasteiger charge is 2.12. The Morgan fingerprint density at radius 2 is 2.05 bits per heavy atom. The van der Waals surface area contributed by atoms with Gasteiger partial charge in [-0.1, -0.05) is 18.2 Å². The molecule has 0 unspecified atom stereocenters. The second-order valence-electron chi connectivity index (χ2n) is 4.80. The fraction of sp³-hybridized carbons (Fsp3) is 0.125. The molecule has 0 bridgehead atoms. The van der Waals surface area contributed by atoms with Gasteiger partial charge in [0.25, 0.3) is 0 Å². The number of carbonyl (C=O) groups excluding carboxylic acids is 1. The molecule has 2 aromatic heterocycles. The first kappa shape index (κ1) is 13.2. The number of aromatic nitrogens is 2. The van der Waals surface area contributed by atoms with E-state index < -0.39 is 5.97 Å². The molecule has 3 rings (SSSR count). The van der Waals surface area contributed by atoms with Crippen LogP contribution >= 0.6 is 0 Å². The van der Waals surface area contributed by atoms with Crippen molar-refractivity contribution in [2.45, 2.75) is 13.5 Å². The molecule has 0 atom stereocenters. The lowest BCUT2D eigenvalue weighted by Gasteiger charge is -2.04. The summed E-state index contributed by atoms with van der Waals surface area (Å²) >= 11 is 0. The summed E-state index contributed by atoms with van der Waals surface area (Å²) in [5, 5.41) is 9.60. The van der Waals surface area contributed by atoms with E-state index in [1.807, 2.05) is 35.9 Å². The summed E-state index contributed by atoms with van der Waals surface area (Å²) in [5.74, 6) is -0.658. The first-order chi connectivity index (χ1) is 10.1. The van der Waals surface area contributed by atoms with Gasteiger partial charge in [-0.15, -0.1) is 0 Å². The number of benzene rings is 1. The largest absolute Gasteiger partial charge is 0.507 e. The molecule has 5 heteroatoms. The first-order valence-corrected chi connectivity index (χ1v) is 6.53. The maximum Gasteiger partial charge on any atom is 0.342 e. The van der Waals surface area contributed by atoms with Crippen LogP contribution in [0.3, 0.4) is 0 Å². The van der Waals surface area contributed by atoms with E-state index >= 15 is 0 Å². The molecule has 0 spiro atoms. The van der Waals surface area contributed by atoms with Gasteiger partial charge in [-0.05, 0) is 30.7 Å². The van der Waals surface area contributed by atoms with E-state index in [9.17, 15) is 9.90 Å². The molecule has 0 radical (unpaired) electrons. The van der Waals surface area contributed by atoms with Crippen molar-refractivity contribution in [3.8, 4) is 5.75 Å². The molecule has 5 nitrogen and oxygen atoms in total. The molecule has 0 aliphatic heterocycles. The van der Waals surface area contributed by atoms with Crippen LogP contribution in [0.2, 0.25) is 0 Å². The molecule has 2 heterocycles. The van der Waals surface area contributed by atoms with Crippen LogP contribution in [0.25, 0.3) is 5.65 Å². The minimum Gasteiger partial charge on any atom is -0.507 e. The number of para-hydroxylation sites is 1. The third kappa shape index (κ3) is 2.72. The van der Waals surface area contributed by atoms with Gasteiger partial charge in [-0.2, -0.15) is 0 Å². The maximum atomic E-state index is 11.9. The Hall–Kier alpha value is -2.82. The second kappa shape index (κ2) is 5.28. The summed E-state index contributed by atoms with van der Waals surface area (Å²) in [4.78, 5) is 16.3. The Bertz CT molecular complexity index is 808. The average Bonchev–Trinajstić information content (AvgIpc) is 2.87. The highest BCUT2D eigenvalue weighted by molar-refractivity contribution is 5.92. The van der Waals surface area contributed by atoms with Crippen molar-refractivity contribution in [3.05, 3.63) is 65.6 Å². The summed E-state index contributed by atoms with van der Waals surface area (Å²) in [5.41, 5.74) is 2.73. The number of rotatable bonds is 3. The van der Waals surface area contributed by atoms with E-state index in [-0.39, 0.29) is 17.9 Å². The average molecular weight is 282 g/mol. The number of nitrogens with zero attached hydrogens (tertiary/aromatic N) is 2. The Kier molecular flexibility index (Phi) is 3.31. The third-order valence-corrected chi connectivity index (χ3v) is 3.12. The number of pyridine rings is 1. The zero-order valence-corrected chi connectivity index (χ0v) is 11.5. The quantitative estimate of drug-likeness (QED) is 0.750. The molecule has 0 saturated carbocycles. The van der Waals surface area contributed by atoms with Gasteiger partial charge in [0, 0.05) is 12.4 Å². The predicted octanol–water partition coefficient (Wildman–Crippen LogP) is 2.71. The van der Waals surface area contributed by atoms with Crippen LogP contribution in [0.1, 0.15) is 21.6 Å². The molecule has 0 aliphatic carbocycles. The van der Waals surface area contributed by atoms with Crippen LogP contribution in [0, 0.1) is 6.92 Å².